The Morgan fingerprint density at radius 2 is 1.14 bits per heavy atom. The van der Waals surface area contributed by atoms with Crippen LogP contribution in [-0.4, -0.2) is 5.11 Å². The minimum atomic E-state index is 0.140. The van der Waals surface area contributed by atoms with E-state index in [-0.39, 0.29) is 5.76 Å². The highest BCUT2D eigenvalue weighted by molar-refractivity contribution is 5.58. The zero-order valence-electron chi connectivity index (χ0n) is 19.4. The molecule has 0 saturated carbocycles. The van der Waals surface area contributed by atoms with Crippen LogP contribution in [0.4, 0.5) is 0 Å². The van der Waals surface area contributed by atoms with Crippen molar-refractivity contribution in [2.75, 3.05) is 0 Å². The zero-order chi connectivity index (χ0) is 21.8. The molecule has 0 aromatic heterocycles. The van der Waals surface area contributed by atoms with E-state index in [1.165, 1.54) is 33.4 Å². The molecule has 0 atom stereocenters. The van der Waals surface area contributed by atoms with Crippen molar-refractivity contribution in [1.29, 1.82) is 0 Å². The Kier molecular flexibility index (Phi) is 11.1. The molecule has 1 aromatic rings. The van der Waals surface area contributed by atoms with Crippen LogP contribution in [0.5, 0.6) is 0 Å². The fourth-order valence-electron chi connectivity index (χ4n) is 3.13. The van der Waals surface area contributed by atoms with Crippen LogP contribution in [0, 0.1) is 0 Å². The van der Waals surface area contributed by atoms with Gasteiger partial charge in [0.05, 0.1) is 0 Å². The Bertz CT molecular complexity index is 733. The summed E-state index contributed by atoms with van der Waals surface area (Å²) in [5.74, 6) is 0.140. The van der Waals surface area contributed by atoms with E-state index in [1.54, 1.807) is 0 Å². The number of aliphatic hydroxyl groups excluding tert-OH is 1. The average Bonchev–Trinajstić information content (AvgIpc) is 2.64. The molecule has 1 nitrogen and oxygen atoms in total. The molecule has 0 aliphatic carbocycles. The fraction of sp³-hybridized carbons (Fsp3) is 0.429. The van der Waals surface area contributed by atoms with Crippen molar-refractivity contribution in [1.82, 2.24) is 0 Å². The molecule has 0 saturated heterocycles. The van der Waals surface area contributed by atoms with Gasteiger partial charge in [0.25, 0.3) is 0 Å². The van der Waals surface area contributed by atoms with Crippen LogP contribution in [-0.2, 0) is 12.8 Å². The third kappa shape index (κ3) is 11.3. The van der Waals surface area contributed by atoms with E-state index in [0.29, 0.717) is 0 Å². The minimum Gasteiger partial charge on any atom is -0.508 e. The monoisotopic (exact) mass is 392 g/mol. The van der Waals surface area contributed by atoms with Crippen LogP contribution in [0.1, 0.15) is 83.9 Å². The van der Waals surface area contributed by atoms with E-state index in [2.05, 4.69) is 90.6 Å². The summed E-state index contributed by atoms with van der Waals surface area (Å²) in [6, 6.07) is 6.36. The van der Waals surface area contributed by atoms with Crippen molar-refractivity contribution >= 4 is 5.76 Å². The third-order valence-corrected chi connectivity index (χ3v) is 4.94. The standard InChI is InChI=1S/C28H40O/c1-21(2)10-8-12-23(5)14-16-26-18-27(20-28(19-26)25(7)29)17-15-24(6)13-9-11-22(3)4/h10-11,14-15,18-20,29H,7-9,12-13,16-17H2,1-6H3/b23-14+,24-15+. The van der Waals surface area contributed by atoms with Crippen LogP contribution >= 0.6 is 0 Å². The summed E-state index contributed by atoms with van der Waals surface area (Å²) >= 11 is 0. The Balaban J connectivity index is 2.84. The molecule has 1 rings (SSSR count). The second-order valence-electron chi connectivity index (χ2n) is 8.63. The number of hydrogen-bond acceptors (Lipinski definition) is 1. The second-order valence-corrected chi connectivity index (χ2v) is 8.63. The van der Waals surface area contributed by atoms with Crippen molar-refractivity contribution in [2.45, 2.75) is 80.1 Å². The van der Waals surface area contributed by atoms with Gasteiger partial charge in [-0.3, -0.25) is 0 Å². The average molecular weight is 393 g/mol. The van der Waals surface area contributed by atoms with E-state index in [0.717, 1.165) is 44.1 Å². The Morgan fingerprint density at radius 1 is 0.724 bits per heavy atom. The van der Waals surface area contributed by atoms with Gasteiger partial charge in [0.1, 0.15) is 5.76 Å². The van der Waals surface area contributed by atoms with Crippen molar-refractivity contribution in [3.05, 3.63) is 88.1 Å². The molecule has 0 bridgehead atoms. The van der Waals surface area contributed by atoms with Gasteiger partial charge in [-0.05, 0) is 103 Å². The largest absolute Gasteiger partial charge is 0.508 e. The maximum absolute atomic E-state index is 9.93. The van der Waals surface area contributed by atoms with Crippen LogP contribution in [0.25, 0.3) is 5.76 Å². The van der Waals surface area contributed by atoms with Crippen molar-refractivity contribution in [3.63, 3.8) is 0 Å². The third-order valence-electron chi connectivity index (χ3n) is 4.94. The highest BCUT2D eigenvalue weighted by Gasteiger charge is 2.03. The van der Waals surface area contributed by atoms with Gasteiger partial charge in [-0.15, -0.1) is 0 Å². The van der Waals surface area contributed by atoms with Gasteiger partial charge in [0.2, 0.25) is 0 Å². The summed E-state index contributed by atoms with van der Waals surface area (Å²) in [7, 11) is 0. The lowest BCUT2D eigenvalue weighted by molar-refractivity contribution is 0.513. The van der Waals surface area contributed by atoms with Gasteiger partial charge in [-0.2, -0.15) is 0 Å². The predicted octanol–water partition coefficient (Wildman–Crippen LogP) is 8.69. The molecular weight excluding hydrogens is 352 g/mol. The van der Waals surface area contributed by atoms with Gasteiger partial charge in [-0.25, -0.2) is 0 Å². The lowest BCUT2D eigenvalue weighted by Crippen LogP contribution is -1.93. The molecule has 158 valence electrons. The quantitative estimate of drug-likeness (QED) is 0.295. The van der Waals surface area contributed by atoms with Crippen LogP contribution < -0.4 is 0 Å². The zero-order valence-corrected chi connectivity index (χ0v) is 19.4. The van der Waals surface area contributed by atoms with Crippen LogP contribution in [0.2, 0.25) is 0 Å². The molecule has 1 N–H and O–H groups in total. The first-order chi connectivity index (χ1) is 13.7. The van der Waals surface area contributed by atoms with Gasteiger partial charge in [0.15, 0.2) is 0 Å². The van der Waals surface area contributed by atoms with E-state index >= 15 is 0 Å². The molecule has 0 aliphatic heterocycles. The molecular formula is C28H40O. The normalized spacial score (nSPS) is 11.9. The first kappa shape index (κ1) is 24.8. The molecule has 0 spiro atoms. The number of allylic oxidation sites excluding steroid dienone is 8. The van der Waals surface area contributed by atoms with Crippen molar-refractivity contribution in [3.8, 4) is 0 Å². The molecule has 0 heterocycles. The molecule has 0 unspecified atom stereocenters. The van der Waals surface area contributed by atoms with Crippen molar-refractivity contribution in [2.24, 2.45) is 0 Å². The first-order valence-electron chi connectivity index (χ1n) is 10.8. The van der Waals surface area contributed by atoms with Gasteiger partial charge >= 0.3 is 0 Å². The lowest BCUT2D eigenvalue weighted by Gasteiger charge is -2.08. The number of benzene rings is 1. The SMILES string of the molecule is C=C(O)c1cc(C/C=C(\C)CCC=C(C)C)cc(C/C=C(\C)CCC=C(C)C)c1. The summed E-state index contributed by atoms with van der Waals surface area (Å²) < 4.78 is 0. The number of rotatable bonds is 11. The highest BCUT2D eigenvalue weighted by Crippen LogP contribution is 2.19. The van der Waals surface area contributed by atoms with E-state index in [9.17, 15) is 5.11 Å². The Morgan fingerprint density at radius 3 is 1.48 bits per heavy atom. The summed E-state index contributed by atoms with van der Waals surface area (Å²) in [5.41, 5.74) is 8.85. The van der Waals surface area contributed by atoms with Gasteiger partial charge < -0.3 is 5.11 Å². The topological polar surface area (TPSA) is 20.2 Å². The Hall–Kier alpha value is -2.28. The Labute approximate surface area is 179 Å². The van der Waals surface area contributed by atoms with Gasteiger partial charge in [-0.1, -0.05) is 59.2 Å². The minimum absolute atomic E-state index is 0.140. The van der Waals surface area contributed by atoms with E-state index in [4.69, 9.17) is 0 Å². The molecule has 29 heavy (non-hydrogen) atoms. The van der Waals surface area contributed by atoms with E-state index < -0.39 is 0 Å². The van der Waals surface area contributed by atoms with Crippen molar-refractivity contribution < 1.29 is 5.11 Å². The second kappa shape index (κ2) is 13.0. The summed E-state index contributed by atoms with van der Waals surface area (Å²) in [6.45, 7) is 16.7. The highest BCUT2D eigenvalue weighted by atomic mass is 16.3. The molecule has 1 aromatic carbocycles. The molecule has 0 fully saturated rings. The smallest absolute Gasteiger partial charge is 0.115 e. The van der Waals surface area contributed by atoms with Gasteiger partial charge in [0, 0.05) is 5.56 Å². The molecule has 0 aliphatic rings. The van der Waals surface area contributed by atoms with Crippen LogP contribution in [0.3, 0.4) is 0 Å². The molecule has 0 amide bonds. The molecule has 1 heteroatoms. The summed E-state index contributed by atoms with van der Waals surface area (Å²) in [4.78, 5) is 0. The number of aliphatic hydroxyl groups is 1. The van der Waals surface area contributed by atoms with E-state index in [1.807, 2.05) is 0 Å². The predicted molar refractivity (Wildman–Crippen MR) is 130 cm³/mol. The summed E-state index contributed by atoms with van der Waals surface area (Å²) in [6.07, 6.45) is 15.4. The summed E-state index contributed by atoms with van der Waals surface area (Å²) in [5, 5.41) is 9.93. The fourth-order valence-corrected chi connectivity index (χ4v) is 3.13. The number of hydrogen-bond donors (Lipinski definition) is 1. The van der Waals surface area contributed by atoms with Crippen LogP contribution in [0.15, 0.2) is 71.4 Å². The maximum Gasteiger partial charge on any atom is 0.115 e. The maximum atomic E-state index is 9.93. The lowest BCUT2D eigenvalue weighted by atomic mass is 9.98. The first-order valence-corrected chi connectivity index (χ1v) is 10.8. The molecule has 0 radical (unpaired) electrons.